The van der Waals surface area contributed by atoms with Crippen molar-refractivity contribution in [3.63, 3.8) is 0 Å². The van der Waals surface area contributed by atoms with Gasteiger partial charge in [-0.3, -0.25) is 9.69 Å². The van der Waals surface area contributed by atoms with Crippen LogP contribution < -0.4 is 9.64 Å². The van der Waals surface area contributed by atoms with Gasteiger partial charge in [-0.05, 0) is 89.1 Å². The first kappa shape index (κ1) is 23.9. The first-order valence-electron chi connectivity index (χ1n) is 11.1. The van der Waals surface area contributed by atoms with E-state index in [1.807, 2.05) is 43.3 Å². The molecule has 2 saturated heterocycles. The van der Waals surface area contributed by atoms with Crippen molar-refractivity contribution in [2.24, 2.45) is 4.99 Å². The van der Waals surface area contributed by atoms with Crippen molar-refractivity contribution >= 4 is 56.2 Å². The second kappa shape index (κ2) is 10.8. The quantitative estimate of drug-likeness (QED) is 0.449. The molecule has 0 aromatic heterocycles. The Bertz CT molecular complexity index is 1070. The average Bonchev–Trinajstić information content (AvgIpc) is 3.09. The number of carbonyl (C=O) groups is 1. The Hall–Kier alpha value is -2.29. The van der Waals surface area contributed by atoms with Crippen LogP contribution in [0.1, 0.15) is 25.8 Å². The lowest BCUT2D eigenvalue weighted by atomic mass is 10.2. The maximum Gasteiger partial charge on any atom is 0.266 e. The van der Waals surface area contributed by atoms with Crippen LogP contribution in [0, 0.1) is 0 Å². The number of aliphatic imine (C=N–C) groups is 1. The van der Waals surface area contributed by atoms with Gasteiger partial charge in [0, 0.05) is 25.8 Å². The monoisotopic (exact) mass is 529 g/mol. The fourth-order valence-electron chi connectivity index (χ4n) is 3.48. The van der Waals surface area contributed by atoms with Gasteiger partial charge in [-0.1, -0.05) is 13.0 Å². The van der Waals surface area contributed by atoms with Gasteiger partial charge in [0.05, 0.1) is 34.4 Å². The van der Waals surface area contributed by atoms with Crippen LogP contribution in [-0.2, 0) is 9.53 Å². The Morgan fingerprint density at radius 1 is 1.21 bits per heavy atom. The van der Waals surface area contributed by atoms with Crippen molar-refractivity contribution in [3.8, 4) is 5.75 Å². The zero-order chi connectivity index (χ0) is 23.4. The summed E-state index contributed by atoms with van der Waals surface area (Å²) >= 11 is 4.97. The Labute approximate surface area is 207 Å². The molecule has 0 unspecified atom stereocenters. The number of thioether (sulfide) groups is 1. The molecule has 2 aliphatic rings. The van der Waals surface area contributed by atoms with E-state index in [9.17, 15) is 4.79 Å². The third kappa shape index (κ3) is 5.80. The van der Waals surface area contributed by atoms with Crippen molar-refractivity contribution < 1.29 is 14.3 Å². The van der Waals surface area contributed by atoms with Crippen LogP contribution in [0.5, 0.6) is 5.75 Å². The second-order valence-electron chi connectivity index (χ2n) is 8.01. The molecule has 8 heteroatoms. The number of morpholine rings is 1. The minimum Gasteiger partial charge on any atom is -0.490 e. The summed E-state index contributed by atoms with van der Waals surface area (Å²) < 4.78 is 12.2. The molecule has 0 saturated carbocycles. The van der Waals surface area contributed by atoms with Gasteiger partial charge in [0.2, 0.25) is 0 Å². The molecule has 2 heterocycles. The van der Waals surface area contributed by atoms with Crippen molar-refractivity contribution in [2.75, 3.05) is 38.3 Å². The van der Waals surface area contributed by atoms with E-state index in [-0.39, 0.29) is 12.0 Å². The fraction of sp³-hybridized carbons (Fsp3) is 0.360. The summed E-state index contributed by atoms with van der Waals surface area (Å²) in [6.45, 7) is 7.45. The minimum absolute atomic E-state index is 0.0558. The number of amidine groups is 1. The van der Waals surface area contributed by atoms with Crippen molar-refractivity contribution in [3.05, 3.63) is 57.4 Å². The first-order chi connectivity index (χ1) is 15.9. The van der Waals surface area contributed by atoms with Crippen LogP contribution in [-0.4, -0.2) is 55.4 Å². The molecule has 0 bridgehead atoms. The molecular formula is C25H28BrN3O3S. The number of halogens is 1. The van der Waals surface area contributed by atoms with Gasteiger partial charge in [-0.2, -0.15) is 0 Å². The van der Waals surface area contributed by atoms with Gasteiger partial charge in [0.25, 0.3) is 5.91 Å². The number of hydrogen-bond acceptors (Lipinski definition) is 6. The van der Waals surface area contributed by atoms with E-state index in [1.54, 1.807) is 11.9 Å². The standard InChI is InChI=1S/C25H28BrN3O3S/c1-4-17(2)32-22-10-5-18(15-21(22)26)16-23-24(30)28(3)25(33-23)27-19-6-8-20(9-7-19)29-11-13-31-14-12-29/h5-10,15-17H,4,11-14H2,1-3H3/b23-16-,27-25?/t17-/m1/s1. The molecule has 2 aliphatic heterocycles. The first-order valence-corrected chi connectivity index (χ1v) is 12.7. The molecule has 2 fully saturated rings. The molecule has 6 nitrogen and oxygen atoms in total. The summed E-state index contributed by atoms with van der Waals surface area (Å²) in [4.78, 5) is 22.1. The molecule has 0 N–H and O–H groups in total. The van der Waals surface area contributed by atoms with Gasteiger partial charge < -0.3 is 14.4 Å². The summed E-state index contributed by atoms with van der Waals surface area (Å²) in [5.41, 5.74) is 2.92. The Morgan fingerprint density at radius 2 is 1.94 bits per heavy atom. The van der Waals surface area contributed by atoms with Gasteiger partial charge in [0.15, 0.2) is 5.17 Å². The summed E-state index contributed by atoms with van der Waals surface area (Å²) in [5, 5.41) is 0.668. The number of ether oxygens (including phenoxy) is 2. The highest BCUT2D eigenvalue weighted by Crippen LogP contribution is 2.35. The van der Waals surface area contributed by atoms with Crippen molar-refractivity contribution in [2.45, 2.75) is 26.4 Å². The molecule has 2 aromatic rings. The van der Waals surface area contributed by atoms with E-state index in [0.717, 1.165) is 59.9 Å². The molecule has 0 aliphatic carbocycles. The van der Waals surface area contributed by atoms with Crippen LogP contribution in [0.2, 0.25) is 0 Å². The van der Waals surface area contributed by atoms with E-state index in [1.165, 1.54) is 11.8 Å². The zero-order valence-corrected chi connectivity index (χ0v) is 21.5. The number of nitrogens with zero attached hydrogens (tertiary/aromatic N) is 3. The predicted molar refractivity (Wildman–Crippen MR) is 139 cm³/mol. The lowest BCUT2D eigenvalue weighted by Gasteiger charge is -2.28. The lowest BCUT2D eigenvalue weighted by molar-refractivity contribution is -0.121. The van der Waals surface area contributed by atoms with Gasteiger partial charge in [-0.25, -0.2) is 4.99 Å². The van der Waals surface area contributed by atoms with Crippen LogP contribution in [0.15, 0.2) is 56.8 Å². The highest BCUT2D eigenvalue weighted by Gasteiger charge is 2.30. The van der Waals surface area contributed by atoms with E-state index in [4.69, 9.17) is 14.5 Å². The second-order valence-corrected chi connectivity index (χ2v) is 9.88. The molecule has 33 heavy (non-hydrogen) atoms. The van der Waals surface area contributed by atoms with Crippen LogP contribution in [0.25, 0.3) is 6.08 Å². The van der Waals surface area contributed by atoms with E-state index in [2.05, 4.69) is 39.9 Å². The summed E-state index contributed by atoms with van der Waals surface area (Å²) in [6.07, 6.45) is 2.98. The SMILES string of the molecule is CC[C@@H](C)Oc1ccc(/C=C2\SC(=Nc3ccc(N4CCOCC4)cc3)N(C)C2=O)cc1Br. The number of rotatable bonds is 6. The Morgan fingerprint density at radius 3 is 2.61 bits per heavy atom. The van der Waals surface area contributed by atoms with Gasteiger partial charge in [-0.15, -0.1) is 0 Å². The molecule has 4 rings (SSSR count). The third-order valence-corrected chi connectivity index (χ3v) is 7.29. The third-order valence-electron chi connectivity index (χ3n) is 5.61. The average molecular weight is 530 g/mol. The molecular weight excluding hydrogens is 502 g/mol. The summed E-state index contributed by atoms with van der Waals surface area (Å²) in [5.74, 6) is 0.747. The summed E-state index contributed by atoms with van der Waals surface area (Å²) in [7, 11) is 1.76. The lowest BCUT2D eigenvalue weighted by Crippen LogP contribution is -2.36. The normalized spacial score (nSPS) is 20.1. The number of hydrogen-bond donors (Lipinski definition) is 0. The van der Waals surface area contributed by atoms with Crippen LogP contribution in [0.3, 0.4) is 0 Å². The topological polar surface area (TPSA) is 54.4 Å². The molecule has 0 spiro atoms. The van der Waals surface area contributed by atoms with E-state index < -0.39 is 0 Å². The zero-order valence-electron chi connectivity index (χ0n) is 19.1. The summed E-state index contributed by atoms with van der Waals surface area (Å²) in [6, 6.07) is 14.0. The number of amides is 1. The van der Waals surface area contributed by atoms with Gasteiger partial charge >= 0.3 is 0 Å². The largest absolute Gasteiger partial charge is 0.490 e. The fourth-order valence-corrected chi connectivity index (χ4v) is 4.95. The maximum absolute atomic E-state index is 12.8. The van der Waals surface area contributed by atoms with Gasteiger partial charge in [0.1, 0.15) is 5.75 Å². The number of anilines is 1. The van der Waals surface area contributed by atoms with Crippen molar-refractivity contribution in [1.29, 1.82) is 0 Å². The number of carbonyl (C=O) groups excluding carboxylic acids is 1. The highest BCUT2D eigenvalue weighted by molar-refractivity contribution is 9.10. The van der Waals surface area contributed by atoms with E-state index >= 15 is 0 Å². The Kier molecular flexibility index (Phi) is 7.78. The molecule has 1 amide bonds. The molecule has 174 valence electrons. The maximum atomic E-state index is 12.8. The molecule has 2 aromatic carbocycles. The number of likely N-dealkylation sites (N-methyl/N-ethyl adjacent to an activating group) is 1. The predicted octanol–water partition coefficient (Wildman–Crippen LogP) is 5.70. The Balaban J connectivity index is 1.48. The highest BCUT2D eigenvalue weighted by atomic mass is 79.9. The molecule has 0 radical (unpaired) electrons. The van der Waals surface area contributed by atoms with E-state index in [0.29, 0.717) is 10.1 Å². The van der Waals surface area contributed by atoms with Crippen LogP contribution >= 0.6 is 27.7 Å². The number of benzene rings is 2. The van der Waals surface area contributed by atoms with Crippen LogP contribution in [0.4, 0.5) is 11.4 Å². The minimum atomic E-state index is -0.0558. The molecule has 1 atom stereocenters. The smallest absolute Gasteiger partial charge is 0.266 e. The van der Waals surface area contributed by atoms with Crippen molar-refractivity contribution in [1.82, 2.24) is 4.90 Å².